The van der Waals surface area contributed by atoms with Gasteiger partial charge in [0, 0.05) is 19.7 Å². The van der Waals surface area contributed by atoms with Crippen LogP contribution >= 0.6 is 0 Å². The third-order valence-electron chi connectivity index (χ3n) is 2.40. The molecule has 0 atom stereocenters. The van der Waals surface area contributed by atoms with Crippen molar-refractivity contribution in [3.05, 3.63) is 48.0 Å². The minimum atomic E-state index is -0.234. The van der Waals surface area contributed by atoms with Gasteiger partial charge in [0.15, 0.2) is 0 Å². The zero-order chi connectivity index (χ0) is 12.3. The quantitative estimate of drug-likeness (QED) is 0.877. The van der Waals surface area contributed by atoms with E-state index < -0.39 is 0 Å². The molecule has 0 amide bonds. The molecule has 0 aliphatic carbocycles. The van der Waals surface area contributed by atoms with E-state index in [0.29, 0.717) is 12.4 Å². The van der Waals surface area contributed by atoms with Crippen molar-refractivity contribution < 1.29 is 4.39 Å². The van der Waals surface area contributed by atoms with E-state index in [2.05, 4.69) is 9.97 Å². The van der Waals surface area contributed by atoms with Gasteiger partial charge in [-0.15, -0.1) is 0 Å². The second-order valence-corrected chi connectivity index (χ2v) is 3.78. The van der Waals surface area contributed by atoms with E-state index in [1.165, 1.54) is 18.5 Å². The van der Waals surface area contributed by atoms with Crippen LogP contribution in [0.3, 0.4) is 0 Å². The normalized spacial score (nSPS) is 10.2. The lowest BCUT2D eigenvalue weighted by molar-refractivity contribution is 0.627. The minimum Gasteiger partial charge on any atom is -0.384 e. The SMILES string of the molecule is CN(Cc1ccc(F)cc1)c1cc(N)ncn1. The summed E-state index contributed by atoms with van der Waals surface area (Å²) in [6.07, 6.45) is 1.42. The van der Waals surface area contributed by atoms with Crippen LogP contribution < -0.4 is 10.6 Å². The first-order chi connectivity index (χ1) is 8.15. The monoisotopic (exact) mass is 232 g/mol. The van der Waals surface area contributed by atoms with Crippen LogP contribution in [0.5, 0.6) is 0 Å². The van der Waals surface area contributed by atoms with E-state index in [1.807, 2.05) is 11.9 Å². The molecular weight excluding hydrogens is 219 g/mol. The molecule has 0 aliphatic heterocycles. The van der Waals surface area contributed by atoms with Gasteiger partial charge in [0.05, 0.1) is 0 Å². The van der Waals surface area contributed by atoms with Crippen molar-refractivity contribution in [2.45, 2.75) is 6.54 Å². The molecule has 0 bridgehead atoms. The summed E-state index contributed by atoms with van der Waals surface area (Å²) in [5.74, 6) is 0.936. The van der Waals surface area contributed by atoms with Gasteiger partial charge in [-0.3, -0.25) is 0 Å². The molecule has 0 aliphatic rings. The summed E-state index contributed by atoms with van der Waals surface area (Å²) in [4.78, 5) is 9.87. The molecule has 1 aromatic heterocycles. The lowest BCUT2D eigenvalue weighted by Crippen LogP contribution is -2.18. The summed E-state index contributed by atoms with van der Waals surface area (Å²) in [7, 11) is 1.89. The molecular formula is C12H13FN4. The number of nitrogen functional groups attached to an aromatic ring is 1. The maximum absolute atomic E-state index is 12.7. The molecule has 2 N–H and O–H groups in total. The van der Waals surface area contributed by atoms with Crippen LogP contribution in [-0.4, -0.2) is 17.0 Å². The molecule has 17 heavy (non-hydrogen) atoms. The van der Waals surface area contributed by atoms with Gasteiger partial charge in [0.1, 0.15) is 23.8 Å². The topological polar surface area (TPSA) is 55.0 Å². The van der Waals surface area contributed by atoms with Crippen LogP contribution in [0, 0.1) is 5.82 Å². The zero-order valence-electron chi connectivity index (χ0n) is 9.47. The zero-order valence-corrected chi connectivity index (χ0v) is 9.47. The van der Waals surface area contributed by atoms with Crippen molar-refractivity contribution in [2.75, 3.05) is 17.7 Å². The first kappa shape index (κ1) is 11.3. The van der Waals surface area contributed by atoms with E-state index in [4.69, 9.17) is 5.73 Å². The molecule has 2 rings (SSSR count). The predicted molar refractivity (Wildman–Crippen MR) is 65.0 cm³/mol. The molecule has 1 aromatic carbocycles. The number of hydrogen-bond donors (Lipinski definition) is 1. The van der Waals surface area contributed by atoms with E-state index in [-0.39, 0.29) is 5.82 Å². The number of rotatable bonds is 3. The second-order valence-electron chi connectivity index (χ2n) is 3.78. The Balaban J connectivity index is 2.11. The minimum absolute atomic E-state index is 0.234. The Morgan fingerprint density at radius 1 is 1.24 bits per heavy atom. The van der Waals surface area contributed by atoms with Gasteiger partial charge in [-0.25, -0.2) is 14.4 Å². The average Bonchev–Trinajstić information content (AvgIpc) is 2.32. The average molecular weight is 232 g/mol. The molecule has 4 nitrogen and oxygen atoms in total. The van der Waals surface area contributed by atoms with Crippen molar-refractivity contribution in [3.63, 3.8) is 0 Å². The van der Waals surface area contributed by atoms with Gasteiger partial charge >= 0.3 is 0 Å². The fourth-order valence-corrected chi connectivity index (χ4v) is 1.51. The van der Waals surface area contributed by atoms with Gasteiger partial charge < -0.3 is 10.6 Å². The number of aromatic nitrogens is 2. The lowest BCUT2D eigenvalue weighted by atomic mass is 10.2. The molecule has 88 valence electrons. The van der Waals surface area contributed by atoms with E-state index >= 15 is 0 Å². The molecule has 5 heteroatoms. The summed E-state index contributed by atoms with van der Waals surface area (Å²) >= 11 is 0. The van der Waals surface area contributed by atoms with E-state index in [0.717, 1.165) is 11.4 Å². The summed E-state index contributed by atoms with van der Waals surface area (Å²) in [6, 6.07) is 8.07. The van der Waals surface area contributed by atoms with Crippen LogP contribution in [0.1, 0.15) is 5.56 Å². The first-order valence-corrected chi connectivity index (χ1v) is 5.18. The third kappa shape index (κ3) is 2.90. The highest BCUT2D eigenvalue weighted by molar-refractivity contribution is 5.45. The Morgan fingerprint density at radius 3 is 2.59 bits per heavy atom. The lowest BCUT2D eigenvalue weighted by Gasteiger charge is -2.18. The Labute approximate surface area is 98.9 Å². The summed E-state index contributed by atoms with van der Waals surface area (Å²) < 4.78 is 12.7. The molecule has 0 saturated carbocycles. The Morgan fingerprint density at radius 2 is 1.94 bits per heavy atom. The molecule has 2 aromatic rings. The van der Waals surface area contributed by atoms with Gasteiger partial charge in [0.2, 0.25) is 0 Å². The highest BCUT2D eigenvalue weighted by Gasteiger charge is 2.04. The fraction of sp³-hybridized carbons (Fsp3) is 0.167. The van der Waals surface area contributed by atoms with Crippen molar-refractivity contribution in [2.24, 2.45) is 0 Å². The summed E-state index contributed by atoms with van der Waals surface area (Å²) in [6.45, 7) is 0.636. The van der Waals surface area contributed by atoms with Crippen LogP contribution in [0.4, 0.5) is 16.0 Å². The van der Waals surface area contributed by atoms with Gasteiger partial charge in [-0.1, -0.05) is 12.1 Å². The standard InChI is InChI=1S/C12H13FN4/c1-17(12-6-11(14)15-8-16-12)7-9-2-4-10(13)5-3-9/h2-6,8H,7H2,1H3,(H2,14,15,16). The molecule has 0 radical (unpaired) electrons. The second kappa shape index (κ2) is 4.78. The Hall–Kier alpha value is -2.17. The van der Waals surface area contributed by atoms with Crippen molar-refractivity contribution >= 4 is 11.6 Å². The smallest absolute Gasteiger partial charge is 0.134 e. The summed E-state index contributed by atoms with van der Waals surface area (Å²) in [5, 5.41) is 0. The number of anilines is 2. The van der Waals surface area contributed by atoms with Crippen LogP contribution in [0.15, 0.2) is 36.7 Å². The molecule has 0 fully saturated rings. The maximum Gasteiger partial charge on any atom is 0.134 e. The van der Waals surface area contributed by atoms with Gasteiger partial charge in [-0.05, 0) is 17.7 Å². The highest BCUT2D eigenvalue weighted by atomic mass is 19.1. The number of hydrogen-bond acceptors (Lipinski definition) is 4. The van der Waals surface area contributed by atoms with Gasteiger partial charge in [-0.2, -0.15) is 0 Å². The Kier molecular flexibility index (Phi) is 3.18. The molecule has 0 spiro atoms. The van der Waals surface area contributed by atoms with E-state index in [9.17, 15) is 4.39 Å². The largest absolute Gasteiger partial charge is 0.384 e. The maximum atomic E-state index is 12.7. The van der Waals surface area contributed by atoms with Crippen LogP contribution in [-0.2, 0) is 6.54 Å². The predicted octanol–water partition coefficient (Wildman–Crippen LogP) is 1.83. The van der Waals surface area contributed by atoms with Crippen molar-refractivity contribution in [1.29, 1.82) is 0 Å². The first-order valence-electron chi connectivity index (χ1n) is 5.18. The van der Waals surface area contributed by atoms with Crippen molar-refractivity contribution in [3.8, 4) is 0 Å². The highest BCUT2D eigenvalue weighted by Crippen LogP contribution is 2.13. The van der Waals surface area contributed by atoms with Crippen molar-refractivity contribution in [1.82, 2.24) is 9.97 Å². The fourth-order valence-electron chi connectivity index (χ4n) is 1.51. The van der Waals surface area contributed by atoms with Crippen LogP contribution in [0.25, 0.3) is 0 Å². The van der Waals surface area contributed by atoms with Gasteiger partial charge in [0.25, 0.3) is 0 Å². The Bertz CT molecular complexity index is 498. The number of benzene rings is 1. The molecule has 1 heterocycles. The number of nitrogens with two attached hydrogens (primary N) is 1. The molecule has 0 saturated heterocycles. The van der Waals surface area contributed by atoms with Crippen LogP contribution in [0.2, 0.25) is 0 Å². The third-order valence-corrected chi connectivity index (χ3v) is 2.40. The van der Waals surface area contributed by atoms with E-state index in [1.54, 1.807) is 18.2 Å². The number of halogens is 1. The summed E-state index contributed by atoms with van der Waals surface area (Å²) in [5.41, 5.74) is 6.59. The number of nitrogens with zero attached hydrogens (tertiary/aromatic N) is 3. The molecule has 0 unspecified atom stereocenters.